The van der Waals surface area contributed by atoms with Gasteiger partial charge in [0.05, 0.1) is 12.2 Å². The Morgan fingerprint density at radius 2 is 2.05 bits per heavy atom. The minimum Gasteiger partial charge on any atom is -0.309 e. The molecule has 0 amide bonds. The van der Waals surface area contributed by atoms with Gasteiger partial charge in [-0.05, 0) is 36.2 Å². The summed E-state index contributed by atoms with van der Waals surface area (Å²) in [7, 11) is 1.87. The first kappa shape index (κ1) is 12.3. The van der Waals surface area contributed by atoms with Crippen molar-refractivity contribution in [2.75, 3.05) is 7.05 Å². The minimum atomic E-state index is -0.307. The molecule has 0 aliphatic rings. The summed E-state index contributed by atoms with van der Waals surface area (Å²) >= 11 is 1.72. The highest BCUT2D eigenvalue weighted by Gasteiger charge is 2.15. The van der Waals surface area contributed by atoms with E-state index in [1.165, 1.54) is 22.3 Å². The van der Waals surface area contributed by atoms with Crippen molar-refractivity contribution in [3.05, 3.63) is 65.0 Å². The third-order valence-corrected chi connectivity index (χ3v) is 4.26. The lowest BCUT2D eigenvalue weighted by atomic mass is 10.1. The SMILES string of the molecule is CNC(c1cncc(F)c1)c1cc2ccccc2s1. The van der Waals surface area contributed by atoms with Gasteiger partial charge in [-0.15, -0.1) is 11.3 Å². The molecule has 2 aromatic heterocycles. The van der Waals surface area contributed by atoms with E-state index in [9.17, 15) is 4.39 Å². The van der Waals surface area contributed by atoms with E-state index in [2.05, 4.69) is 28.5 Å². The molecule has 1 atom stereocenters. The van der Waals surface area contributed by atoms with Crippen molar-refractivity contribution in [1.29, 1.82) is 0 Å². The fourth-order valence-electron chi connectivity index (χ4n) is 2.20. The van der Waals surface area contributed by atoms with Crippen LogP contribution in [0.3, 0.4) is 0 Å². The molecule has 0 radical (unpaired) electrons. The predicted octanol–water partition coefficient (Wildman–Crippen LogP) is 3.74. The first-order chi connectivity index (χ1) is 9.28. The number of nitrogens with zero attached hydrogens (tertiary/aromatic N) is 1. The zero-order valence-corrected chi connectivity index (χ0v) is 11.2. The molecule has 1 aromatic carbocycles. The van der Waals surface area contributed by atoms with Crippen LogP contribution in [0.4, 0.5) is 4.39 Å². The van der Waals surface area contributed by atoms with Crippen LogP contribution >= 0.6 is 11.3 Å². The van der Waals surface area contributed by atoms with E-state index in [0.717, 1.165) is 10.4 Å². The molecule has 0 aliphatic carbocycles. The number of nitrogens with one attached hydrogen (secondary N) is 1. The number of pyridine rings is 1. The summed E-state index contributed by atoms with van der Waals surface area (Å²) in [6, 6.07) is 11.9. The largest absolute Gasteiger partial charge is 0.309 e. The number of benzene rings is 1. The van der Waals surface area contributed by atoms with Crippen LogP contribution < -0.4 is 5.32 Å². The molecular weight excluding hydrogens is 259 g/mol. The van der Waals surface area contributed by atoms with Crippen LogP contribution in [0.1, 0.15) is 16.5 Å². The van der Waals surface area contributed by atoms with Crippen LogP contribution in [0.2, 0.25) is 0 Å². The Morgan fingerprint density at radius 1 is 1.21 bits per heavy atom. The maximum Gasteiger partial charge on any atom is 0.141 e. The van der Waals surface area contributed by atoms with Crippen molar-refractivity contribution in [2.45, 2.75) is 6.04 Å². The fraction of sp³-hybridized carbons (Fsp3) is 0.133. The molecule has 3 aromatic rings. The molecule has 0 saturated heterocycles. The molecule has 2 heterocycles. The Hall–Kier alpha value is -1.78. The van der Waals surface area contributed by atoms with Gasteiger partial charge in [0.2, 0.25) is 0 Å². The second kappa shape index (κ2) is 5.07. The Morgan fingerprint density at radius 3 is 2.79 bits per heavy atom. The van der Waals surface area contributed by atoms with E-state index in [1.807, 2.05) is 19.2 Å². The topological polar surface area (TPSA) is 24.9 Å². The van der Waals surface area contributed by atoms with Gasteiger partial charge in [0, 0.05) is 15.8 Å². The van der Waals surface area contributed by atoms with Gasteiger partial charge < -0.3 is 5.32 Å². The van der Waals surface area contributed by atoms with Gasteiger partial charge in [-0.1, -0.05) is 18.2 Å². The molecular formula is C15H13FN2S. The molecule has 0 aliphatic heterocycles. The Labute approximate surface area is 114 Å². The summed E-state index contributed by atoms with van der Waals surface area (Å²) in [5, 5.41) is 4.44. The van der Waals surface area contributed by atoms with Gasteiger partial charge in [-0.3, -0.25) is 4.98 Å². The van der Waals surface area contributed by atoms with Crippen LogP contribution in [0.15, 0.2) is 48.8 Å². The average Bonchev–Trinajstić information content (AvgIpc) is 2.83. The quantitative estimate of drug-likeness (QED) is 0.785. The number of rotatable bonds is 3. The minimum absolute atomic E-state index is 0.0272. The number of halogens is 1. The monoisotopic (exact) mass is 272 g/mol. The van der Waals surface area contributed by atoms with Gasteiger partial charge in [-0.25, -0.2) is 4.39 Å². The molecule has 3 rings (SSSR count). The molecule has 19 heavy (non-hydrogen) atoms. The highest BCUT2D eigenvalue weighted by molar-refractivity contribution is 7.19. The smallest absolute Gasteiger partial charge is 0.141 e. The van der Waals surface area contributed by atoms with E-state index in [4.69, 9.17) is 0 Å². The van der Waals surface area contributed by atoms with Crippen molar-refractivity contribution >= 4 is 21.4 Å². The van der Waals surface area contributed by atoms with Crippen molar-refractivity contribution in [1.82, 2.24) is 10.3 Å². The highest BCUT2D eigenvalue weighted by atomic mass is 32.1. The maximum atomic E-state index is 13.3. The average molecular weight is 272 g/mol. The lowest BCUT2D eigenvalue weighted by Gasteiger charge is -2.14. The standard InChI is InChI=1S/C15H13FN2S/c1-17-15(11-6-12(16)9-18-8-11)14-7-10-4-2-3-5-13(10)19-14/h2-9,15,17H,1H3. The van der Waals surface area contributed by atoms with E-state index >= 15 is 0 Å². The lowest BCUT2D eigenvalue weighted by molar-refractivity contribution is 0.610. The zero-order valence-electron chi connectivity index (χ0n) is 10.4. The van der Waals surface area contributed by atoms with Gasteiger partial charge in [0.1, 0.15) is 5.82 Å². The summed E-state index contributed by atoms with van der Waals surface area (Å²) in [6.07, 6.45) is 2.93. The molecule has 0 saturated carbocycles. The number of thiophene rings is 1. The van der Waals surface area contributed by atoms with Crippen molar-refractivity contribution in [3.63, 3.8) is 0 Å². The number of aromatic nitrogens is 1. The molecule has 0 fully saturated rings. The fourth-order valence-corrected chi connectivity index (χ4v) is 3.41. The van der Waals surface area contributed by atoms with E-state index in [1.54, 1.807) is 17.5 Å². The van der Waals surface area contributed by atoms with Crippen LogP contribution in [0.5, 0.6) is 0 Å². The molecule has 1 unspecified atom stereocenters. The molecule has 96 valence electrons. The predicted molar refractivity (Wildman–Crippen MR) is 76.9 cm³/mol. The normalized spacial score (nSPS) is 12.7. The molecule has 0 bridgehead atoms. The van der Waals surface area contributed by atoms with Crippen LogP contribution in [0.25, 0.3) is 10.1 Å². The van der Waals surface area contributed by atoms with Gasteiger partial charge >= 0.3 is 0 Å². The first-order valence-corrected chi connectivity index (χ1v) is 6.86. The lowest BCUT2D eigenvalue weighted by Crippen LogP contribution is -2.16. The Balaban J connectivity index is 2.06. The summed E-state index contributed by atoms with van der Waals surface area (Å²) in [5.41, 5.74) is 0.842. The highest BCUT2D eigenvalue weighted by Crippen LogP contribution is 2.32. The van der Waals surface area contributed by atoms with Gasteiger partial charge in [0.25, 0.3) is 0 Å². The van der Waals surface area contributed by atoms with Crippen molar-refractivity contribution < 1.29 is 4.39 Å². The van der Waals surface area contributed by atoms with Crippen molar-refractivity contribution in [3.8, 4) is 0 Å². The van der Waals surface area contributed by atoms with Crippen LogP contribution in [-0.4, -0.2) is 12.0 Å². The number of fused-ring (bicyclic) bond motifs is 1. The van der Waals surface area contributed by atoms with Gasteiger partial charge in [0.15, 0.2) is 0 Å². The van der Waals surface area contributed by atoms with Crippen molar-refractivity contribution in [2.24, 2.45) is 0 Å². The summed E-state index contributed by atoms with van der Waals surface area (Å²) in [5.74, 6) is -0.307. The van der Waals surface area contributed by atoms with E-state index in [0.29, 0.717) is 0 Å². The Kier molecular flexibility index (Phi) is 3.27. The van der Waals surface area contributed by atoms with E-state index in [-0.39, 0.29) is 11.9 Å². The summed E-state index contributed by atoms with van der Waals surface area (Å²) in [6.45, 7) is 0. The second-order valence-corrected chi connectivity index (χ2v) is 5.46. The molecule has 0 spiro atoms. The third-order valence-electron chi connectivity index (χ3n) is 3.08. The Bertz CT molecular complexity index is 675. The molecule has 4 heteroatoms. The second-order valence-electron chi connectivity index (χ2n) is 4.34. The number of hydrogen-bond donors (Lipinski definition) is 1. The first-order valence-electron chi connectivity index (χ1n) is 6.04. The summed E-state index contributed by atoms with van der Waals surface area (Å²) in [4.78, 5) is 5.09. The third kappa shape index (κ3) is 2.37. The van der Waals surface area contributed by atoms with Crippen LogP contribution in [0, 0.1) is 5.82 Å². The zero-order chi connectivity index (χ0) is 13.2. The van der Waals surface area contributed by atoms with Gasteiger partial charge in [-0.2, -0.15) is 0 Å². The number of hydrogen-bond acceptors (Lipinski definition) is 3. The van der Waals surface area contributed by atoms with Crippen LogP contribution in [-0.2, 0) is 0 Å². The molecule has 2 nitrogen and oxygen atoms in total. The van der Waals surface area contributed by atoms with E-state index < -0.39 is 0 Å². The molecule has 1 N–H and O–H groups in total. The summed E-state index contributed by atoms with van der Waals surface area (Å²) < 4.78 is 14.5. The maximum absolute atomic E-state index is 13.3.